The van der Waals surface area contributed by atoms with Crippen LogP contribution in [0.2, 0.25) is 0 Å². The molecule has 1 radical (unpaired) electrons. The molecule has 6 heterocycles. The minimum atomic E-state index is -4.94. The molecule has 0 saturated carbocycles. The van der Waals surface area contributed by atoms with E-state index >= 15 is 0 Å². The molecule has 9 rings (SSSR count). The van der Waals surface area contributed by atoms with Crippen molar-refractivity contribution in [3.63, 3.8) is 0 Å². The topological polar surface area (TPSA) is 522 Å². The number of rotatable bonds is 0. The summed E-state index contributed by atoms with van der Waals surface area (Å²) < 4.78 is 67.9. The van der Waals surface area contributed by atoms with Crippen LogP contribution in [0.5, 0.6) is 0 Å². The number of ketones is 6. The van der Waals surface area contributed by atoms with Gasteiger partial charge in [-0.25, -0.2) is 37.3 Å². The summed E-state index contributed by atoms with van der Waals surface area (Å²) in [6.07, 6.45) is 9.50. The molecule has 0 aliphatic heterocycles. The zero-order chi connectivity index (χ0) is 42.4. The summed E-state index contributed by atoms with van der Waals surface area (Å²) in [6, 6.07) is 19.4. The first-order valence-electron chi connectivity index (χ1n) is 15.6. The van der Waals surface area contributed by atoms with Gasteiger partial charge in [0, 0.05) is 37.2 Å². The van der Waals surface area contributed by atoms with Crippen molar-refractivity contribution in [3.8, 4) is 34.2 Å². The molecule has 0 fully saturated rings. The van der Waals surface area contributed by atoms with Crippen molar-refractivity contribution in [2.75, 3.05) is 0 Å². The van der Waals surface area contributed by atoms with Gasteiger partial charge < -0.3 is 27.4 Å². The molecule has 0 unspecified atom stereocenters. The van der Waals surface area contributed by atoms with E-state index in [0.717, 1.165) is 0 Å². The van der Waals surface area contributed by atoms with E-state index in [9.17, 15) is 28.8 Å². The molecule has 6 aromatic heterocycles. The summed E-state index contributed by atoms with van der Waals surface area (Å²) in [4.78, 5) is 95.2. The molecule has 64 heavy (non-hydrogen) atoms. The molecule has 341 valence electrons. The maximum Gasteiger partial charge on any atom is 2.00 e. The quantitative estimate of drug-likeness (QED) is 0.101. The van der Waals surface area contributed by atoms with Crippen LogP contribution in [0.25, 0.3) is 34.2 Å². The summed E-state index contributed by atoms with van der Waals surface area (Å²) >= 11 is 0. The molecule has 10 N–H and O–H groups in total. The minimum Gasteiger partial charge on any atom is -0.412 e. The van der Waals surface area contributed by atoms with Crippen LogP contribution in [-0.4, -0.2) is 92.0 Å². The second-order valence-corrected chi connectivity index (χ2v) is 12.6. The number of fused-ring (bicyclic) bond motifs is 9. The molecular weight excluding hydrogens is 955 g/mol. The summed E-state index contributed by atoms with van der Waals surface area (Å²) in [6.45, 7) is 0. The Morgan fingerprint density at radius 3 is 0.500 bits per heavy atom. The number of pyridine rings is 6. The molecule has 0 amide bonds. The van der Waals surface area contributed by atoms with Crippen molar-refractivity contribution in [2.45, 2.75) is 0 Å². The van der Waals surface area contributed by atoms with E-state index in [1.807, 2.05) is 0 Å². The largest absolute Gasteiger partial charge is 2.00 e. The van der Waals surface area contributed by atoms with Gasteiger partial charge in [-0.1, -0.05) is 0 Å². The van der Waals surface area contributed by atoms with E-state index in [0.29, 0.717) is 67.5 Å². The molecule has 25 nitrogen and oxygen atoms in total. The first kappa shape index (κ1) is 59.6. The van der Waals surface area contributed by atoms with E-state index < -0.39 is 55.2 Å². The van der Waals surface area contributed by atoms with Gasteiger partial charge in [0.05, 0.1) is 33.4 Å². The first-order chi connectivity index (χ1) is 27.4. The summed E-state index contributed by atoms with van der Waals surface area (Å²) in [5.41, 5.74) is 4.92. The Kier molecular flexibility index (Phi) is 23.2. The average Bonchev–Trinajstić information content (AvgIpc) is 3.20. The van der Waals surface area contributed by atoms with Gasteiger partial charge in [-0.2, -0.15) is 0 Å². The summed E-state index contributed by atoms with van der Waals surface area (Å²) in [7, 11) is -9.89. The number of hydrogen-bond donors (Lipinski definition) is 0. The Balaban J connectivity index is 0. The molecule has 3 aliphatic rings. The molecule has 0 aromatic carbocycles. The number of carbonyl (C=O) groups is 6. The number of Topliss-reactive ketones (excluding diaryl/α,β-unsaturated/α-hetero) is 6. The molecule has 6 aromatic rings. The van der Waals surface area contributed by atoms with Crippen LogP contribution in [0.4, 0.5) is 0 Å². The Morgan fingerprint density at radius 2 is 0.391 bits per heavy atom. The van der Waals surface area contributed by atoms with Crippen LogP contribution < -0.4 is 37.3 Å². The summed E-state index contributed by atoms with van der Waals surface area (Å²) in [5, 5.41) is 0. The molecule has 0 atom stereocenters. The van der Waals surface area contributed by atoms with Crippen LogP contribution in [0.15, 0.2) is 110 Å². The number of carbonyl (C=O) groups excluding carboxylic acids is 6. The second kappa shape index (κ2) is 25.0. The number of nitrogens with zero attached hydrogens (tertiary/aromatic N) is 6. The van der Waals surface area contributed by atoms with Crippen molar-refractivity contribution in [3.05, 3.63) is 143 Å². The van der Waals surface area contributed by atoms with E-state index in [-0.39, 0.29) is 44.4 Å². The zero-order valence-corrected chi connectivity index (χ0v) is 33.8. The number of hydrogen-bond acceptors (Lipinski definition) is 20. The molecule has 0 saturated heterocycles. The van der Waals surface area contributed by atoms with Gasteiger partial charge in [0.1, 0.15) is 34.2 Å². The fourth-order valence-corrected chi connectivity index (χ4v) is 5.40. The maximum absolute atomic E-state index is 11.8. The fourth-order valence-electron chi connectivity index (χ4n) is 5.40. The van der Waals surface area contributed by atoms with Gasteiger partial charge in [0.25, 0.3) is 0 Å². The van der Waals surface area contributed by atoms with Crippen LogP contribution in [-0.2, 0) is 17.1 Å². The number of halogens is 2. The van der Waals surface area contributed by atoms with Crippen LogP contribution in [0.1, 0.15) is 62.1 Å². The standard InChI is InChI=1S/3C12H6N2O2.2ClHO4.Cu.5H2O/c3*15-11-7-3-1-5-13-9(7)10-8(12(11)16)4-2-6-14-10;2*2-1(3,4)5;;;;;;/h3*1-6H;2*(H,2,3,4,5);;5*1H2/q;;;;;+2;;;;;/p-2. The molecule has 3 aliphatic carbocycles. The normalized spacial score (nSPS) is 11.8. The van der Waals surface area contributed by atoms with Crippen molar-refractivity contribution in [2.24, 2.45) is 0 Å². The van der Waals surface area contributed by atoms with Gasteiger partial charge in [0.15, 0.2) is 0 Å². The molecular formula is C36H28Cl2CuN6O19. The Labute approximate surface area is 371 Å². The van der Waals surface area contributed by atoms with Crippen molar-refractivity contribution < 1.29 is 131 Å². The van der Waals surface area contributed by atoms with Gasteiger partial charge in [-0.05, 0) is 72.8 Å². The smallest absolute Gasteiger partial charge is 0.412 e. The van der Waals surface area contributed by atoms with Crippen LogP contribution in [0.3, 0.4) is 0 Å². The predicted molar refractivity (Wildman–Crippen MR) is 186 cm³/mol. The van der Waals surface area contributed by atoms with Gasteiger partial charge >= 0.3 is 17.1 Å². The Bertz CT molecular complexity index is 2180. The third-order valence-corrected chi connectivity index (χ3v) is 7.61. The van der Waals surface area contributed by atoms with Gasteiger partial charge in [-0.3, -0.25) is 58.7 Å². The van der Waals surface area contributed by atoms with Gasteiger partial charge in [-0.15, -0.1) is 20.5 Å². The van der Waals surface area contributed by atoms with Crippen LogP contribution in [0, 0.1) is 20.5 Å². The van der Waals surface area contributed by atoms with Gasteiger partial charge in [0.2, 0.25) is 34.7 Å². The Morgan fingerprint density at radius 1 is 0.281 bits per heavy atom. The van der Waals surface area contributed by atoms with Crippen molar-refractivity contribution in [1.29, 1.82) is 0 Å². The second-order valence-electron chi connectivity index (χ2n) is 11.1. The van der Waals surface area contributed by atoms with Crippen LogP contribution >= 0.6 is 0 Å². The van der Waals surface area contributed by atoms with Crippen molar-refractivity contribution >= 4 is 34.7 Å². The molecule has 28 heteroatoms. The monoisotopic (exact) mass is 981 g/mol. The summed E-state index contributed by atoms with van der Waals surface area (Å²) in [5.74, 6) is -3.06. The SMILES string of the molecule is O.O.O.O.O.O=C1C(=O)c2cccnc2-c2ncccc21.O=C1C(=O)c2cccnc2-c2ncccc21.O=C1C(=O)c2cccnc2-c2ncccc21.[Cu+2].[O-][Cl+3]([O-])([O-])[O-].[O-][Cl+3]([O-])([O-])[O-]. The van der Waals surface area contributed by atoms with E-state index in [1.165, 1.54) is 0 Å². The third kappa shape index (κ3) is 14.3. The minimum absolute atomic E-state index is 0. The van der Waals surface area contributed by atoms with E-state index in [4.69, 9.17) is 37.3 Å². The average molecular weight is 983 g/mol. The predicted octanol–water partition coefficient (Wildman–Crippen LogP) is -9.07. The zero-order valence-electron chi connectivity index (χ0n) is 31.3. The number of aromatic nitrogens is 6. The maximum atomic E-state index is 11.8. The van der Waals surface area contributed by atoms with E-state index in [2.05, 4.69) is 29.9 Å². The molecule has 0 spiro atoms. The Hall–Kier alpha value is -6.50. The van der Waals surface area contributed by atoms with Crippen molar-refractivity contribution in [1.82, 2.24) is 29.9 Å². The molecule has 0 bridgehead atoms. The fraction of sp³-hybridized carbons (Fsp3) is 0. The third-order valence-electron chi connectivity index (χ3n) is 7.61. The van der Waals surface area contributed by atoms with E-state index in [1.54, 1.807) is 110 Å². The first-order valence-corrected chi connectivity index (χ1v) is 18.1.